The van der Waals surface area contributed by atoms with Gasteiger partial charge in [-0.05, 0) is 53.8 Å². The number of benzene rings is 3. The van der Waals surface area contributed by atoms with Crippen molar-refractivity contribution >= 4 is 16.9 Å². The fraction of sp³-hybridized carbons (Fsp3) is 0.250. The van der Waals surface area contributed by atoms with Crippen molar-refractivity contribution in [2.24, 2.45) is 0 Å². The van der Waals surface area contributed by atoms with Crippen LogP contribution >= 0.6 is 0 Å². The van der Waals surface area contributed by atoms with Gasteiger partial charge in [-0.3, -0.25) is 9.59 Å². The highest BCUT2D eigenvalue weighted by Gasteiger charge is 2.25. The number of aliphatic hydroxyl groups is 1. The average molecular weight is 507 g/mol. The van der Waals surface area contributed by atoms with Gasteiger partial charge in [-0.1, -0.05) is 43.3 Å². The van der Waals surface area contributed by atoms with Crippen LogP contribution in [0.2, 0.25) is 0 Å². The molecule has 0 saturated carbocycles. The predicted octanol–water partition coefficient (Wildman–Crippen LogP) is 3.26. The highest BCUT2D eigenvalue weighted by molar-refractivity contribution is 5.93. The molecule has 2 atom stereocenters. The number of carbonyl (C=O) groups is 1. The number of aromatic nitrogens is 2. The molecule has 4 N–H and O–H groups in total. The van der Waals surface area contributed by atoms with Crippen LogP contribution in [0.1, 0.15) is 34.1 Å². The topological polar surface area (TPSA) is 107 Å². The standard InChI is InChI=1S/C28H28F2N4O3/c1-2-17-6-5-7-18(10-17)15-31-16-25(35)24(13-19-11-20(29)14-21(30)12-19)34-28(37)26-27(36)33-23-9-4-3-8-22(23)32-26/h3-12,14,24-25,31,35H,2,13,15-16H2,1H3,(H,33,36)(H,34,37)/t24-,25+/m0/s1. The van der Waals surface area contributed by atoms with Crippen molar-refractivity contribution < 1.29 is 18.7 Å². The maximum Gasteiger partial charge on any atom is 0.280 e. The van der Waals surface area contributed by atoms with Crippen molar-refractivity contribution in [1.82, 2.24) is 20.6 Å². The van der Waals surface area contributed by atoms with Crippen LogP contribution in [0.4, 0.5) is 8.78 Å². The van der Waals surface area contributed by atoms with Crippen LogP contribution in [0.25, 0.3) is 11.0 Å². The Labute approximate surface area is 212 Å². The first kappa shape index (κ1) is 26.1. The third-order valence-corrected chi connectivity index (χ3v) is 6.06. The first-order valence-corrected chi connectivity index (χ1v) is 12.0. The summed E-state index contributed by atoms with van der Waals surface area (Å²) in [5.41, 5.74) is 2.32. The van der Waals surface area contributed by atoms with Gasteiger partial charge in [0.2, 0.25) is 0 Å². The lowest BCUT2D eigenvalue weighted by Crippen LogP contribution is -2.49. The third kappa shape index (κ3) is 6.84. The van der Waals surface area contributed by atoms with Crippen molar-refractivity contribution in [3.8, 4) is 0 Å². The molecule has 7 nitrogen and oxygen atoms in total. The second-order valence-corrected chi connectivity index (χ2v) is 8.87. The molecule has 4 rings (SSSR count). The first-order valence-electron chi connectivity index (χ1n) is 12.0. The molecule has 1 heterocycles. The fourth-order valence-electron chi connectivity index (χ4n) is 4.15. The molecule has 0 spiro atoms. The molecule has 0 fully saturated rings. The number of rotatable bonds is 10. The van der Waals surface area contributed by atoms with Crippen LogP contribution in [0.15, 0.2) is 71.5 Å². The zero-order valence-electron chi connectivity index (χ0n) is 20.3. The number of carbonyl (C=O) groups excluding carboxylic acids is 1. The van der Waals surface area contributed by atoms with Gasteiger partial charge in [-0.2, -0.15) is 0 Å². The number of hydrogen-bond acceptors (Lipinski definition) is 5. The van der Waals surface area contributed by atoms with E-state index in [1.165, 1.54) is 5.56 Å². The van der Waals surface area contributed by atoms with Crippen LogP contribution in [-0.2, 0) is 19.4 Å². The summed E-state index contributed by atoms with van der Waals surface area (Å²) in [7, 11) is 0. The third-order valence-electron chi connectivity index (χ3n) is 6.06. The number of nitrogens with one attached hydrogen (secondary N) is 3. The monoisotopic (exact) mass is 506 g/mol. The maximum atomic E-state index is 13.8. The van der Waals surface area contributed by atoms with Crippen LogP contribution in [0, 0.1) is 11.6 Å². The average Bonchev–Trinajstić information content (AvgIpc) is 2.87. The lowest BCUT2D eigenvalue weighted by atomic mass is 10.00. The van der Waals surface area contributed by atoms with Crippen LogP contribution in [0.5, 0.6) is 0 Å². The number of amides is 1. The van der Waals surface area contributed by atoms with Crippen molar-refractivity contribution in [2.45, 2.75) is 38.5 Å². The Morgan fingerprint density at radius 2 is 1.73 bits per heavy atom. The molecular weight excluding hydrogens is 478 g/mol. The number of aromatic amines is 1. The van der Waals surface area contributed by atoms with Gasteiger partial charge in [0.15, 0.2) is 5.69 Å². The van der Waals surface area contributed by atoms with Crippen molar-refractivity contribution in [1.29, 1.82) is 0 Å². The summed E-state index contributed by atoms with van der Waals surface area (Å²) < 4.78 is 27.6. The van der Waals surface area contributed by atoms with E-state index >= 15 is 0 Å². The van der Waals surface area contributed by atoms with E-state index in [4.69, 9.17) is 0 Å². The Bertz CT molecular complexity index is 1440. The SMILES string of the molecule is CCc1cccc(CNC[C@@H](O)[C@H](Cc2cc(F)cc(F)c2)NC(=O)c2nc3ccccc3[nH]c2=O)c1. The molecule has 192 valence electrons. The van der Waals surface area contributed by atoms with Gasteiger partial charge >= 0.3 is 0 Å². The number of aliphatic hydroxyl groups excluding tert-OH is 1. The molecule has 37 heavy (non-hydrogen) atoms. The minimum absolute atomic E-state index is 0.0694. The number of hydrogen-bond donors (Lipinski definition) is 4. The summed E-state index contributed by atoms with van der Waals surface area (Å²) in [4.78, 5) is 32.3. The van der Waals surface area contributed by atoms with Crippen LogP contribution in [0.3, 0.4) is 0 Å². The van der Waals surface area contributed by atoms with E-state index in [1.54, 1.807) is 24.3 Å². The Hall–Kier alpha value is -3.95. The number of H-pyrrole nitrogens is 1. The fourth-order valence-corrected chi connectivity index (χ4v) is 4.15. The largest absolute Gasteiger partial charge is 0.390 e. The van der Waals surface area contributed by atoms with E-state index < -0.39 is 35.2 Å². The lowest BCUT2D eigenvalue weighted by molar-refractivity contribution is 0.0824. The first-order chi connectivity index (χ1) is 17.8. The van der Waals surface area contributed by atoms with Gasteiger partial charge in [0.1, 0.15) is 11.6 Å². The van der Waals surface area contributed by atoms with Crippen LogP contribution < -0.4 is 16.2 Å². The van der Waals surface area contributed by atoms with E-state index in [0.717, 1.165) is 30.2 Å². The maximum absolute atomic E-state index is 13.8. The number of para-hydroxylation sites is 2. The summed E-state index contributed by atoms with van der Waals surface area (Å²) in [6.45, 7) is 2.63. The summed E-state index contributed by atoms with van der Waals surface area (Å²) in [5, 5.41) is 16.7. The summed E-state index contributed by atoms with van der Waals surface area (Å²) in [6.07, 6.45) is -0.305. The van der Waals surface area contributed by atoms with E-state index in [9.17, 15) is 23.5 Å². The van der Waals surface area contributed by atoms with Gasteiger partial charge in [-0.25, -0.2) is 13.8 Å². The van der Waals surface area contributed by atoms with Gasteiger partial charge in [0.05, 0.1) is 23.2 Å². The normalized spacial score (nSPS) is 12.9. The molecule has 0 aliphatic carbocycles. The highest BCUT2D eigenvalue weighted by atomic mass is 19.1. The summed E-state index contributed by atoms with van der Waals surface area (Å²) in [5.74, 6) is -2.34. The Balaban J connectivity index is 1.52. The van der Waals surface area contributed by atoms with Crippen molar-refractivity contribution in [3.63, 3.8) is 0 Å². The minimum atomic E-state index is -1.14. The van der Waals surface area contributed by atoms with Crippen molar-refractivity contribution in [2.75, 3.05) is 6.54 Å². The predicted molar refractivity (Wildman–Crippen MR) is 137 cm³/mol. The van der Waals surface area contributed by atoms with Gasteiger partial charge in [0, 0.05) is 19.2 Å². The molecule has 0 unspecified atom stereocenters. The second-order valence-electron chi connectivity index (χ2n) is 8.87. The summed E-state index contributed by atoms with van der Waals surface area (Å²) >= 11 is 0. The molecule has 0 saturated heterocycles. The molecule has 1 aromatic heterocycles. The van der Waals surface area contributed by atoms with Gasteiger partial charge in [-0.15, -0.1) is 0 Å². The molecule has 0 radical (unpaired) electrons. The van der Waals surface area contributed by atoms with E-state index in [1.807, 2.05) is 18.2 Å². The Kier molecular flexibility index (Phi) is 8.37. The number of nitrogens with zero attached hydrogens (tertiary/aromatic N) is 1. The van der Waals surface area contributed by atoms with E-state index in [-0.39, 0.29) is 24.2 Å². The molecule has 0 aliphatic heterocycles. The zero-order valence-corrected chi connectivity index (χ0v) is 20.3. The zero-order chi connectivity index (χ0) is 26.4. The number of halogens is 2. The lowest BCUT2D eigenvalue weighted by Gasteiger charge is -2.25. The number of aryl methyl sites for hydroxylation is 1. The quantitative estimate of drug-likeness (QED) is 0.264. The second kappa shape index (κ2) is 11.9. The smallest absolute Gasteiger partial charge is 0.280 e. The van der Waals surface area contributed by atoms with E-state index in [0.29, 0.717) is 17.6 Å². The van der Waals surface area contributed by atoms with Gasteiger partial charge < -0.3 is 20.7 Å². The molecule has 3 aromatic carbocycles. The Morgan fingerprint density at radius 3 is 2.49 bits per heavy atom. The van der Waals surface area contributed by atoms with Crippen LogP contribution in [-0.4, -0.2) is 39.7 Å². The molecular formula is C28H28F2N4O3. The summed E-state index contributed by atoms with van der Waals surface area (Å²) in [6, 6.07) is 16.9. The molecule has 0 bridgehead atoms. The Morgan fingerprint density at radius 1 is 1.00 bits per heavy atom. The molecule has 1 amide bonds. The minimum Gasteiger partial charge on any atom is -0.390 e. The van der Waals surface area contributed by atoms with Gasteiger partial charge in [0.25, 0.3) is 11.5 Å². The molecule has 9 heteroatoms. The highest BCUT2D eigenvalue weighted by Crippen LogP contribution is 2.13. The number of fused-ring (bicyclic) bond motifs is 1. The van der Waals surface area contributed by atoms with Crippen molar-refractivity contribution in [3.05, 3.63) is 111 Å². The molecule has 0 aliphatic rings. The molecule has 4 aromatic rings. The van der Waals surface area contributed by atoms with E-state index in [2.05, 4.69) is 33.6 Å².